The van der Waals surface area contributed by atoms with E-state index < -0.39 is 47.6 Å². The third kappa shape index (κ3) is 8.93. The Morgan fingerprint density at radius 2 is 1.88 bits per heavy atom. The fraction of sp³-hybridized carbons (Fsp3) is 0.875. The zero-order chi connectivity index (χ0) is 13.7. The molecule has 0 spiro atoms. The highest BCUT2D eigenvalue weighted by Gasteiger charge is 2.31. The largest absolute Gasteiger partial charge is 0.469 e. The summed E-state index contributed by atoms with van der Waals surface area (Å²) >= 11 is 0. The van der Waals surface area contributed by atoms with Gasteiger partial charge in [0.2, 0.25) is 0 Å². The lowest BCUT2D eigenvalue weighted by atomic mass is 10.0. The molecule has 0 fully saturated rings. The van der Waals surface area contributed by atoms with Crippen LogP contribution in [-0.4, -0.2) is 40.5 Å². The molecule has 0 aliphatic carbocycles. The van der Waals surface area contributed by atoms with E-state index in [9.17, 15) is 26.4 Å². The second-order valence-corrected chi connectivity index (χ2v) is 5.01. The number of halogens is 3. The highest BCUT2D eigenvalue weighted by molar-refractivity contribution is 7.85. The fourth-order valence-electron chi connectivity index (χ4n) is 0.980. The first-order valence-electron chi connectivity index (χ1n) is 4.54. The molecule has 0 amide bonds. The lowest BCUT2D eigenvalue weighted by molar-refractivity contribution is -0.152. The van der Waals surface area contributed by atoms with E-state index in [4.69, 9.17) is 0 Å². The Morgan fingerprint density at radius 1 is 1.35 bits per heavy atom. The number of hydrogen-bond acceptors (Lipinski definition) is 5. The van der Waals surface area contributed by atoms with Gasteiger partial charge in [-0.2, -0.15) is 21.6 Å². The minimum atomic E-state index is -4.42. The summed E-state index contributed by atoms with van der Waals surface area (Å²) in [6, 6.07) is 0. The molecule has 0 rings (SSSR count). The number of esters is 1. The van der Waals surface area contributed by atoms with Crippen LogP contribution in [-0.2, 0) is 23.8 Å². The Balaban J connectivity index is 4.40. The summed E-state index contributed by atoms with van der Waals surface area (Å²) in [4.78, 5) is 11.1. The molecule has 0 aromatic rings. The van der Waals surface area contributed by atoms with Gasteiger partial charge in [-0.05, 0) is 6.42 Å². The molecular weight excluding hydrogens is 265 g/mol. The molecule has 17 heavy (non-hydrogen) atoms. The average Bonchev–Trinajstić information content (AvgIpc) is 2.13. The molecular formula is C8H13F3O5S. The van der Waals surface area contributed by atoms with Crippen LogP contribution in [0.15, 0.2) is 0 Å². The van der Waals surface area contributed by atoms with Gasteiger partial charge >= 0.3 is 12.1 Å². The van der Waals surface area contributed by atoms with Crippen LogP contribution in [0.5, 0.6) is 0 Å². The van der Waals surface area contributed by atoms with E-state index in [2.05, 4.69) is 8.92 Å². The monoisotopic (exact) mass is 278 g/mol. The van der Waals surface area contributed by atoms with E-state index in [1.807, 2.05) is 0 Å². The Hall–Kier alpha value is -0.830. The van der Waals surface area contributed by atoms with Gasteiger partial charge in [-0.15, -0.1) is 0 Å². The normalized spacial score (nSPS) is 14.4. The van der Waals surface area contributed by atoms with E-state index in [1.54, 1.807) is 0 Å². The molecule has 0 saturated carbocycles. The number of ether oxygens (including phenoxy) is 1. The first-order chi connectivity index (χ1) is 7.55. The predicted molar refractivity (Wildman–Crippen MR) is 51.6 cm³/mol. The van der Waals surface area contributed by atoms with Gasteiger partial charge in [-0.3, -0.25) is 8.98 Å². The zero-order valence-electron chi connectivity index (χ0n) is 9.28. The quantitative estimate of drug-likeness (QED) is 0.537. The zero-order valence-corrected chi connectivity index (χ0v) is 10.1. The van der Waals surface area contributed by atoms with Crippen LogP contribution < -0.4 is 0 Å². The van der Waals surface area contributed by atoms with Gasteiger partial charge in [0.15, 0.2) is 0 Å². The molecule has 0 aliphatic heterocycles. The maximum Gasteiger partial charge on any atom is 0.389 e. The predicted octanol–water partition coefficient (Wildman–Crippen LogP) is 1.09. The number of alkyl halides is 3. The number of methoxy groups -OCH3 is 1. The molecule has 102 valence electrons. The van der Waals surface area contributed by atoms with Gasteiger partial charge in [0.1, 0.15) is 0 Å². The third-order valence-electron chi connectivity index (χ3n) is 1.79. The Kier molecular flexibility index (Phi) is 5.89. The molecule has 0 radical (unpaired) electrons. The highest BCUT2D eigenvalue weighted by Crippen LogP contribution is 2.24. The van der Waals surface area contributed by atoms with Crippen LogP contribution in [0, 0.1) is 5.92 Å². The number of carbonyl (C=O) groups excluding carboxylic acids is 1. The van der Waals surface area contributed by atoms with Crippen molar-refractivity contribution in [3.63, 3.8) is 0 Å². The van der Waals surface area contributed by atoms with Crippen molar-refractivity contribution < 1.29 is 35.3 Å². The van der Waals surface area contributed by atoms with Gasteiger partial charge in [0.25, 0.3) is 10.1 Å². The molecule has 0 aliphatic rings. The Morgan fingerprint density at radius 3 is 2.24 bits per heavy atom. The van der Waals surface area contributed by atoms with Crippen molar-refractivity contribution in [2.24, 2.45) is 5.92 Å². The van der Waals surface area contributed by atoms with Crippen LogP contribution >= 0.6 is 0 Å². The highest BCUT2D eigenvalue weighted by atomic mass is 32.2. The minimum Gasteiger partial charge on any atom is -0.469 e. The number of hydrogen-bond donors (Lipinski definition) is 0. The van der Waals surface area contributed by atoms with E-state index in [-0.39, 0.29) is 0 Å². The summed E-state index contributed by atoms with van der Waals surface area (Å²) in [5.74, 6) is -2.19. The van der Waals surface area contributed by atoms with Crippen molar-refractivity contribution in [3.8, 4) is 0 Å². The molecule has 0 bridgehead atoms. The van der Waals surface area contributed by atoms with Crippen molar-refractivity contribution in [1.82, 2.24) is 0 Å². The minimum absolute atomic E-state index is 0.578. The molecule has 1 atom stereocenters. The molecule has 1 unspecified atom stereocenters. The SMILES string of the molecule is COC(=O)C(CCC(F)(F)F)COS(C)(=O)=O. The number of rotatable bonds is 6. The summed E-state index contributed by atoms with van der Waals surface area (Å²) in [5.41, 5.74) is 0. The van der Waals surface area contributed by atoms with Gasteiger partial charge < -0.3 is 4.74 Å². The molecule has 9 heteroatoms. The topological polar surface area (TPSA) is 69.7 Å². The molecule has 0 saturated heterocycles. The van der Waals surface area contributed by atoms with Crippen LogP contribution in [0.25, 0.3) is 0 Å². The summed E-state index contributed by atoms with van der Waals surface area (Å²) in [5, 5.41) is 0. The summed E-state index contributed by atoms with van der Waals surface area (Å²) in [6.07, 6.45) is -5.46. The summed E-state index contributed by atoms with van der Waals surface area (Å²) in [6.45, 7) is -0.651. The van der Waals surface area contributed by atoms with E-state index >= 15 is 0 Å². The van der Waals surface area contributed by atoms with E-state index in [0.29, 0.717) is 0 Å². The van der Waals surface area contributed by atoms with Gasteiger partial charge in [0.05, 0.1) is 25.9 Å². The van der Waals surface area contributed by atoms with Crippen LogP contribution in [0.1, 0.15) is 12.8 Å². The van der Waals surface area contributed by atoms with Crippen LogP contribution in [0.4, 0.5) is 13.2 Å². The maximum atomic E-state index is 11.9. The summed E-state index contributed by atoms with van der Waals surface area (Å²) < 4.78 is 65.7. The van der Waals surface area contributed by atoms with Gasteiger partial charge in [-0.25, -0.2) is 0 Å². The first kappa shape index (κ1) is 16.2. The number of carbonyl (C=O) groups is 1. The molecule has 0 heterocycles. The van der Waals surface area contributed by atoms with Crippen molar-refractivity contribution in [3.05, 3.63) is 0 Å². The summed E-state index contributed by atoms with van der Waals surface area (Å²) in [7, 11) is -2.80. The van der Waals surface area contributed by atoms with Crippen LogP contribution in [0.3, 0.4) is 0 Å². The smallest absolute Gasteiger partial charge is 0.389 e. The van der Waals surface area contributed by atoms with Crippen LogP contribution in [0.2, 0.25) is 0 Å². The van der Waals surface area contributed by atoms with Crippen molar-refractivity contribution in [2.75, 3.05) is 20.0 Å². The molecule has 0 aromatic heterocycles. The maximum absolute atomic E-state index is 11.9. The van der Waals surface area contributed by atoms with E-state index in [0.717, 1.165) is 13.4 Å². The second-order valence-electron chi connectivity index (χ2n) is 3.36. The standard InChI is InChI=1S/C8H13F3O5S/c1-15-7(12)6(3-4-8(9,10)11)5-16-17(2,13)14/h6H,3-5H2,1-2H3. The Bertz CT molecular complexity index is 349. The lowest BCUT2D eigenvalue weighted by Crippen LogP contribution is -2.25. The first-order valence-corrected chi connectivity index (χ1v) is 6.36. The van der Waals surface area contributed by atoms with Gasteiger partial charge in [0, 0.05) is 6.42 Å². The molecule has 0 aromatic carbocycles. The average molecular weight is 278 g/mol. The van der Waals surface area contributed by atoms with Gasteiger partial charge in [-0.1, -0.05) is 0 Å². The second kappa shape index (κ2) is 6.20. The molecule has 5 nitrogen and oxygen atoms in total. The van der Waals surface area contributed by atoms with Crippen molar-refractivity contribution in [1.29, 1.82) is 0 Å². The van der Waals surface area contributed by atoms with Crippen molar-refractivity contribution >= 4 is 16.1 Å². The lowest BCUT2D eigenvalue weighted by Gasteiger charge is -2.14. The van der Waals surface area contributed by atoms with E-state index in [1.165, 1.54) is 0 Å². The Labute approximate surface area is 97.0 Å². The van der Waals surface area contributed by atoms with Crippen molar-refractivity contribution in [2.45, 2.75) is 19.0 Å². The third-order valence-corrected chi connectivity index (χ3v) is 2.36. The fourth-order valence-corrected chi connectivity index (χ4v) is 1.39. The molecule has 0 N–H and O–H groups in total.